The quantitative estimate of drug-likeness (QED) is 0.753. The molecular weight excluding hydrogens is 230 g/mol. The number of nitrogens with one attached hydrogen (secondary N) is 1. The molecule has 0 bridgehead atoms. The molecule has 1 aromatic carbocycles. The zero-order chi connectivity index (χ0) is 9.26. The summed E-state index contributed by atoms with van der Waals surface area (Å²) in [7, 11) is 0. The van der Waals surface area contributed by atoms with Crippen LogP contribution in [0.1, 0.15) is 12.5 Å². The van der Waals surface area contributed by atoms with E-state index in [0.717, 1.165) is 23.4 Å². The van der Waals surface area contributed by atoms with E-state index in [-0.39, 0.29) is 0 Å². The van der Waals surface area contributed by atoms with Crippen LogP contribution >= 0.6 is 15.9 Å². The topological polar surface area (TPSA) is 21.3 Å². The highest BCUT2D eigenvalue weighted by Crippen LogP contribution is 2.25. The summed E-state index contributed by atoms with van der Waals surface area (Å²) in [5, 5.41) is 3.38. The van der Waals surface area contributed by atoms with E-state index < -0.39 is 0 Å². The van der Waals surface area contributed by atoms with Gasteiger partial charge in [-0.05, 0) is 19.1 Å². The second kappa shape index (κ2) is 3.68. The molecule has 1 N–H and O–H groups in total. The Morgan fingerprint density at radius 1 is 1.54 bits per heavy atom. The van der Waals surface area contributed by atoms with Gasteiger partial charge in [0.15, 0.2) is 0 Å². The van der Waals surface area contributed by atoms with Crippen LogP contribution in [-0.2, 0) is 6.54 Å². The van der Waals surface area contributed by atoms with Crippen LogP contribution in [0.3, 0.4) is 0 Å². The van der Waals surface area contributed by atoms with E-state index in [1.165, 1.54) is 5.56 Å². The third-order valence-corrected chi connectivity index (χ3v) is 2.65. The monoisotopic (exact) mass is 241 g/mol. The molecule has 1 aliphatic rings. The van der Waals surface area contributed by atoms with Crippen LogP contribution in [0, 0.1) is 0 Å². The normalized spacial score (nSPS) is 21.5. The molecule has 1 atom stereocenters. The average Bonchev–Trinajstić information content (AvgIpc) is 2.29. The van der Waals surface area contributed by atoms with Crippen LogP contribution in [0.25, 0.3) is 0 Å². The highest BCUT2D eigenvalue weighted by atomic mass is 79.9. The number of rotatable bonds is 0. The molecule has 0 spiro atoms. The number of fused-ring (bicyclic) bond motifs is 1. The van der Waals surface area contributed by atoms with Gasteiger partial charge in [0, 0.05) is 22.6 Å². The van der Waals surface area contributed by atoms with Gasteiger partial charge in [0.05, 0.1) is 0 Å². The first-order valence-corrected chi connectivity index (χ1v) is 5.19. The molecular formula is C10H12BrNO. The molecule has 0 aromatic heterocycles. The van der Waals surface area contributed by atoms with Gasteiger partial charge in [-0.1, -0.05) is 22.0 Å². The summed E-state index contributed by atoms with van der Waals surface area (Å²) in [5.74, 6) is 0.992. The fourth-order valence-corrected chi connectivity index (χ4v) is 1.71. The molecule has 0 radical (unpaired) electrons. The lowest BCUT2D eigenvalue weighted by Gasteiger charge is -2.07. The van der Waals surface area contributed by atoms with E-state index in [1.807, 2.05) is 12.1 Å². The molecule has 1 heterocycles. The third-order valence-electron chi connectivity index (χ3n) is 2.16. The van der Waals surface area contributed by atoms with Gasteiger partial charge >= 0.3 is 0 Å². The van der Waals surface area contributed by atoms with Gasteiger partial charge in [-0.3, -0.25) is 0 Å². The third kappa shape index (κ3) is 2.03. The van der Waals surface area contributed by atoms with Crippen LogP contribution in [0.4, 0.5) is 0 Å². The lowest BCUT2D eigenvalue weighted by atomic mass is 10.2. The summed E-state index contributed by atoms with van der Waals surface area (Å²) in [6.45, 7) is 3.76. The first kappa shape index (κ1) is 9.03. The molecule has 1 aromatic rings. The second-order valence-corrected chi connectivity index (χ2v) is 4.26. The second-order valence-electron chi connectivity index (χ2n) is 3.34. The molecule has 3 heteroatoms. The largest absolute Gasteiger partial charge is 0.492 e. The van der Waals surface area contributed by atoms with Crippen molar-refractivity contribution in [2.24, 2.45) is 0 Å². The van der Waals surface area contributed by atoms with E-state index in [4.69, 9.17) is 4.74 Å². The summed E-state index contributed by atoms with van der Waals surface area (Å²) in [6.07, 6.45) is 0. The maximum absolute atomic E-state index is 5.65. The minimum Gasteiger partial charge on any atom is -0.492 e. The summed E-state index contributed by atoms with van der Waals surface area (Å²) in [6, 6.07) is 6.57. The van der Waals surface area contributed by atoms with Crippen LogP contribution < -0.4 is 10.1 Å². The van der Waals surface area contributed by atoms with Gasteiger partial charge in [-0.15, -0.1) is 0 Å². The molecule has 2 rings (SSSR count). The Balaban J connectivity index is 2.30. The molecule has 0 aliphatic carbocycles. The smallest absolute Gasteiger partial charge is 0.124 e. The van der Waals surface area contributed by atoms with Crippen LogP contribution in [0.5, 0.6) is 5.75 Å². The van der Waals surface area contributed by atoms with E-state index in [9.17, 15) is 0 Å². The summed E-state index contributed by atoms with van der Waals surface area (Å²) < 4.78 is 6.72. The maximum atomic E-state index is 5.65. The first-order chi connectivity index (χ1) is 6.25. The number of halogens is 1. The molecule has 2 nitrogen and oxygen atoms in total. The standard InChI is InChI=1S/C10H12BrNO/c1-7-6-13-10-4-9(11)3-2-8(10)5-12-7/h2-4,7,12H,5-6H2,1H3. The van der Waals surface area contributed by atoms with Crippen LogP contribution in [-0.4, -0.2) is 12.6 Å². The highest BCUT2D eigenvalue weighted by Gasteiger charge is 2.12. The molecule has 1 aliphatic heterocycles. The Bertz CT molecular complexity index is 314. The molecule has 13 heavy (non-hydrogen) atoms. The van der Waals surface area contributed by atoms with Crippen molar-refractivity contribution in [3.63, 3.8) is 0 Å². The highest BCUT2D eigenvalue weighted by molar-refractivity contribution is 9.10. The first-order valence-electron chi connectivity index (χ1n) is 4.40. The van der Waals surface area contributed by atoms with Gasteiger partial charge < -0.3 is 10.1 Å². The van der Waals surface area contributed by atoms with Crippen LogP contribution in [0.2, 0.25) is 0 Å². The Morgan fingerprint density at radius 2 is 2.38 bits per heavy atom. The molecule has 0 saturated heterocycles. The Labute approximate surface area is 86.4 Å². The Hall–Kier alpha value is -0.540. The van der Waals surface area contributed by atoms with E-state index >= 15 is 0 Å². The minimum atomic E-state index is 0.422. The Morgan fingerprint density at radius 3 is 3.23 bits per heavy atom. The van der Waals surface area contributed by atoms with Crippen LogP contribution in [0.15, 0.2) is 22.7 Å². The minimum absolute atomic E-state index is 0.422. The van der Waals surface area contributed by atoms with Crippen molar-refractivity contribution < 1.29 is 4.74 Å². The summed E-state index contributed by atoms with van der Waals surface area (Å²) >= 11 is 3.43. The van der Waals surface area contributed by atoms with E-state index in [0.29, 0.717) is 6.04 Å². The predicted molar refractivity (Wildman–Crippen MR) is 55.9 cm³/mol. The summed E-state index contributed by atoms with van der Waals surface area (Å²) in [4.78, 5) is 0. The fraction of sp³-hybridized carbons (Fsp3) is 0.400. The SMILES string of the molecule is CC1COc2cc(Br)ccc2CN1. The van der Waals surface area contributed by atoms with Crippen molar-refractivity contribution >= 4 is 15.9 Å². The molecule has 70 valence electrons. The van der Waals surface area contributed by atoms with E-state index in [1.54, 1.807) is 0 Å². The lowest BCUT2D eigenvalue weighted by Crippen LogP contribution is -2.28. The molecule has 0 saturated carbocycles. The van der Waals surface area contributed by atoms with Crippen molar-refractivity contribution in [3.05, 3.63) is 28.2 Å². The molecule has 0 amide bonds. The van der Waals surface area contributed by atoms with Gasteiger partial charge in [-0.25, -0.2) is 0 Å². The number of hydrogen-bond acceptors (Lipinski definition) is 2. The van der Waals surface area contributed by atoms with E-state index in [2.05, 4.69) is 34.2 Å². The number of benzene rings is 1. The number of ether oxygens (including phenoxy) is 1. The van der Waals surface area contributed by atoms with Gasteiger partial charge in [0.2, 0.25) is 0 Å². The lowest BCUT2D eigenvalue weighted by molar-refractivity contribution is 0.287. The average molecular weight is 242 g/mol. The van der Waals surface area contributed by atoms with Crippen molar-refractivity contribution in [2.75, 3.05) is 6.61 Å². The van der Waals surface area contributed by atoms with Gasteiger partial charge in [-0.2, -0.15) is 0 Å². The van der Waals surface area contributed by atoms with Crippen molar-refractivity contribution in [1.82, 2.24) is 5.32 Å². The Kier molecular flexibility index (Phi) is 2.56. The van der Waals surface area contributed by atoms with Crippen molar-refractivity contribution in [3.8, 4) is 5.75 Å². The van der Waals surface area contributed by atoms with Gasteiger partial charge in [0.25, 0.3) is 0 Å². The zero-order valence-corrected chi connectivity index (χ0v) is 9.10. The van der Waals surface area contributed by atoms with Gasteiger partial charge in [0.1, 0.15) is 12.4 Å². The van der Waals surface area contributed by atoms with Crippen molar-refractivity contribution in [2.45, 2.75) is 19.5 Å². The fourth-order valence-electron chi connectivity index (χ4n) is 1.37. The molecule has 1 unspecified atom stereocenters. The van der Waals surface area contributed by atoms with Crippen molar-refractivity contribution in [1.29, 1.82) is 0 Å². The summed E-state index contributed by atoms with van der Waals surface area (Å²) in [5.41, 5.74) is 1.23. The zero-order valence-electron chi connectivity index (χ0n) is 7.51. The predicted octanol–water partition coefficient (Wildman–Crippen LogP) is 2.32. The maximum Gasteiger partial charge on any atom is 0.124 e. The molecule has 0 fully saturated rings. The number of hydrogen-bond donors (Lipinski definition) is 1.